The van der Waals surface area contributed by atoms with Crippen molar-refractivity contribution in [3.05, 3.63) is 107 Å². The van der Waals surface area contributed by atoms with Crippen molar-refractivity contribution >= 4 is 22.1 Å². The predicted octanol–water partition coefficient (Wildman–Crippen LogP) is 6.14. The first-order chi connectivity index (χ1) is 19.3. The molecule has 40 heavy (non-hydrogen) atoms. The number of sulfonamides is 1. The normalized spacial score (nSPS) is 18.4. The van der Waals surface area contributed by atoms with Crippen molar-refractivity contribution in [2.45, 2.75) is 75.5 Å². The first-order valence-corrected chi connectivity index (χ1v) is 15.6. The van der Waals surface area contributed by atoms with Crippen LogP contribution in [-0.4, -0.2) is 31.7 Å². The topological polar surface area (TPSA) is 92.7 Å². The van der Waals surface area contributed by atoms with Crippen LogP contribution in [0.1, 0.15) is 67.3 Å². The minimum atomic E-state index is -3.87. The summed E-state index contributed by atoms with van der Waals surface area (Å²) in [5, 5.41) is 11.1. The maximum absolute atomic E-state index is 13.6. The Morgan fingerprint density at radius 2 is 1.70 bits per heavy atom. The van der Waals surface area contributed by atoms with Crippen LogP contribution in [0.4, 0.5) is 0 Å². The number of unbranched alkanes of at least 4 members (excludes halogenated alkanes) is 3. The van der Waals surface area contributed by atoms with E-state index in [2.05, 4.69) is 11.6 Å². The van der Waals surface area contributed by atoms with Gasteiger partial charge in [0.25, 0.3) is 0 Å². The Morgan fingerprint density at radius 1 is 1.00 bits per heavy atom. The third-order valence-corrected chi connectivity index (χ3v) is 8.89. The number of aliphatic hydroxyl groups excluding tert-OH is 1. The highest BCUT2D eigenvalue weighted by Crippen LogP contribution is 2.35. The second-order valence-corrected chi connectivity index (χ2v) is 12.2. The highest BCUT2D eigenvalue weighted by Gasteiger charge is 2.39. The number of aryl methyl sites for hydroxylation is 1. The van der Waals surface area contributed by atoms with Crippen LogP contribution in [0.3, 0.4) is 0 Å². The monoisotopic (exact) mass is 561 g/mol. The maximum Gasteiger partial charge on any atom is 0.312 e. The van der Waals surface area contributed by atoms with E-state index >= 15 is 0 Å². The Hall–Kier alpha value is -3.26. The molecule has 0 aliphatic heterocycles. The van der Waals surface area contributed by atoms with Gasteiger partial charge >= 0.3 is 5.97 Å². The van der Waals surface area contributed by atoms with E-state index in [1.807, 2.05) is 61.5 Å². The first kappa shape index (κ1) is 29.7. The van der Waals surface area contributed by atoms with Gasteiger partial charge in [0.2, 0.25) is 10.0 Å². The minimum Gasteiger partial charge on any atom is -0.460 e. The van der Waals surface area contributed by atoms with E-state index < -0.39 is 40.2 Å². The number of fused-ring (bicyclic) bond motifs is 1. The molecule has 0 spiro atoms. The van der Waals surface area contributed by atoms with Gasteiger partial charge < -0.3 is 9.84 Å². The van der Waals surface area contributed by atoms with Crippen LogP contribution in [0.25, 0.3) is 6.08 Å². The molecular formula is C33H39NO5S. The zero-order chi connectivity index (χ0) is 28.5. The molecule has 0 heterocycles. The molecule has 0 fully saturated rings. The summed E-state index contributed by atoms with van der Waals surface area (Å²) in [4.78, 5) is 13.7. The minimum absolute atomic E-state index is 0.155. The van der Waals surface area contributed by atoms with Crippen LogP contribution in [-0.2, 0) is 26.0 Å². The molecule has 1 aliphatic carbocycles. The fourth-order valence-electron chi connectivity index (χ4n) is 5.12. The molecule has 7 heteroatoms. The quantitative estimate of drug-likeness (QED) is 0.193. The van der Waals surface area contributed by atoms with Crippen LogP contribution in [0.5, 0.6) is 0 Å². The largest absolute Gasteiger partial charge is 0.460 e. The van der Waals surface area contributed by atoms with E-state index in [9.17, 15) is 18.3 Å². The second-order valence-electron chi connectivity index (χ2n) is 10.5. The molecule has 0 radical (unpaired) electrons. The number of carbonyl (C=O) groups excluding carboxylic acids is 1. The zero-order valence-corrected chi connectivity index (χ0v) is 24.0. The van der Waals surface area contributed by atoms with Crippen molar-refractivity contribution in [2.24, 2.45) is 5.92 Å². The zero-order valence-electron chi connectivity index (χ0n) is 23.2. The Bertz CT molecular complexity index is 1390. The highest BCUT2D eigenvalue weighted by atomic mass is 32.2. The van der Waals surface area contributed by atoms with Crippen LogP contribution in [0.2, 0.25) is 0 Å². The molecule has 3 aromatic rings. The number of esters is 1. The summed E-state index contributed by atoms with van der Waals surface area (Å²) in [6.45, 7) is 4.02. The standard InChI is InChI=1S/C33H39NO5S/c1-3-4-5-9-16-29(30(35)22-19-25-12-7-6-8-13-25)33(36)39-31-23-26-14-10-11-15-28(26)32(31)34-40(37,38)27-20-17-24(2)18-21-27/h6-8,10-15,17-22,29-32,34-35H,3-5,9,16,23H2,1-2H3. The van der Waals surface area contributed by atoms with E-state index in [4.69, 9.17) is 4.74 Å². The molecule has 0 saturated carbocycles. The summed E-state index contributed by atoms with van der Waals surface area (Å²) in [6.07, 6.45) is 6.44. The van der Waals surface area contributed by atoms with Gasteiger partial charge in [0.05, 0.1) is 23.0 Å². The van der Waals surface area contributed by atoms with E-state index in [1.165, 1.54) is 0 Å². The molecule has 0 bridgehead atoms. The van der Waals surface area contributed by atoms with Gasteiger partial charge in [-0.2, -0.15) is 4.72 Å². The fourth-order valence-corrected chi connectivity index (χ4v) is 6.37. The van der Waals surface area contributed by atoms with Crippen molar-refractivity contribution < 1.29 is 23.1 Å². The highest BCUT2D eigenvalue weighted by molar-refractivity contribution is 7.89. The molecule has 4 unspecified atom stereocenters. The summed E-state index contributed by atoms with van der Waals surface area (Å²) in [6, 6.07) is 23.1. The van der Waals surface area contributed by atoms with Crippen molar-refractivity contribution in [1.82, 2.24) is 4.72 Å². The smallest absolute Gasteiger partial charge is 0.312 e. The molecule has 212 valence electrons. The lowest BCUT2D eigenvalue weighted by Gasteiger charge is -2.26. The number of benzene rings is 3. The molecule has 4 rings (SSSR count). The molecule has 0 saturated heterocycles. The molecular weight excluding hydrogens is 522 g/mol. The average Bonchev–Trinajstić information content (AvgIpc) is 3.28. The first-order valence-electron chi connectivity index (χ1n) is 14.1. The fraction of sp³-hybridized carbons (Fsp3) is 0.364. The van der Waals surface area contributed by atoms with E-state index in [0.29, 0.717) is 12.8 Å². The Balaban J connectivity index is 1.54. The van der Waals surface area contributed by atoms with E-state index in [0.717, 1.165) is 47.9 Å². The van der Waals surface area contributed by atoms with Gasteiger partial charge in [0.15, 0.2) is 0 Å². The summed E-state index contributed by atoms with van der Waals surface area (Å²) < 4.78 is 35.4. The SMILES string of the molecule is CCCCCCC(C(=O)OC1Cc2ccccc2C1NS(=O)(=O)c1ccc(C)cc1)C(O)C=Cc1ccccc1. The molecule has 6 nitrogen and oxygen atoms in total. The maximum atomic E-state index is 13.6. The molecule has 0 amide bonds. The van der Waals surface area contributed by atoms with Crippen molar-refractivity contribution in [3.63, 3.8) is 0 Å². The lowest BCUT2D eigenvalue weighted by molar-refractivity contribution is -0.158. The number of hydrogen-bond acceptors (Lipinski definition) is 5. The van der Waals surface area contributed by atoms with Crippen LogP contribution in [0.15, 0.2) is 89.8 Å². The van der Waals surface area contributed by atoms with Gasteiger partial charge in [0, 0.05) is 6.42 Å². The van der Waals surface area contributed by atoms with Gasteiger partial charge in [-0.1, -0.05) is 117 Å². The third-order valence-electron chi connectivity index (χ3n) is 7.43. The predicted molar refractivity (Wildman–Crippen MR) is 158 cm³/mol. The van der Waals surface area contributed by atoms with Gasteiger partial charge in [-0.05, 0) is 42.2 Å². The second kappa shape index (κ2) is 13.9. The van der Waals surface area contributed by atoms with Crippen LogP contribution < -0.4 is 4.72 Å². The molecule has 2 N–H and O–H groups in total. The lowest BCUT2D eigenvalue weighted by Crippen LogP contribution is -2.39. The summed E-state index contributed by atoms with van der Waals surface area (Å²) >= 11 is 0. The number of aliphatic hydroxyl groups is 1. The number of ether oxygens (including phenoxy) is 1. The summed E-state index contributed by atoms with van der Waals surface area (Å²) in [5.41, 5.74) is 3.61. The summed E-state index contributed by atoms with van der Waals surface area (Å²) in [7, 11) is -3.87. The van der Waals surface area contributed by atoms with Crippen molar-refractivity contribution in [1.29, 1.82) is 0 Å². The Kier molecular flexibility index (Phi) is 10.3. The van der Waals surface area contributed by atoms with E-state index in [1.54, 1.807) is 36.4 Å². The van der Waals surface area contributed by atoms with E-state index in [-0.39, 0.29) is 4.90 Å². The lowest BCUT2D eigenvalue weighted by atomic mass is 9.94. The summed E-state index contributed by atoms with van der Waals surface area (Å²) in [5.74, 6) is -1.27. The van der Waals surface area contributed by atoms with Crippen molar-refractivity contribution in [3.8, 4) is 0 Å². The van der Waals surface area contributed by atoms with Gasteiger partial charge in [-0.3, -0.25) is 4.79 Å². The molecule has 1 aliphatic rings. The van der Waals surface area contributed by atoms with Crippen LogP contribution >= 0.6 is 0 Å². The number of rotatable bonds is 13. The van der Waals surface area contributed by atoms with Gasteiger partial charge in [0.1, 0.15) is 6.10 Å². The third kappa shape index (κ3) is 7.68. The molecule has 3 aromatic carbocycles. The average molecular weight is 562 g/mol. The van der Waals surface area contributed by atoms with Crippen molar-refractivity contribution in [2.75, 3.05) is 0 Å². The van der Waals surface area contributed by atoms with Gasteiger partial charge in [-0.15, -0.1) is 0 Å². The van der Waals surface area contributed by atoms with Gasteiger partial charge in [-0.25, -0.2) is 8.42 Å². The Morgan fingerprint density at radius 3 is 2.42 bits per heavy atom. The Labute approximate surface area is 238 Å². The number of carbonyl (C=O) groups is 1. The molecule has 0 aromatic heterocycles. The number of hydrogen-bond donors (Lipinski definition) is 2. The molecule has 4 atom stereocenters. The van der Waals surface area contributed by atoms with Crippen LogP contribution in [0, 0.1) is 12.8 Å². The number of nitrogens with one attached hydrogen (secondary N) is 1.